The van der Waals surface area contributed by atoms with Gasteiger partial charge in [-0.05, 0) is 43.2 Å². The molecular weight excluding hydrogens is 348 g/mol. The number of nitrogens with zero attached hydrogens (tertiary/aromatic N) is 2. The van der Waals surface area contributed by atoms with E-state index in [0.29, 0.717) is 20.6 Å². The molecule has 0 aliphatic rings. The third kappa shape index (κ3) is 2.74. The lowest BCUT2D eigenvalue weighted by atomic mass is 10.1. The molecule has 0 radical (unpaired) electrons. The second-order valence-corrected chi connectivity index (χ2v) is 7.28. The van der Waals surface area contributed by atoms with Crippen LogP contribution in [0.5, 0.6) is 11.5 Å². The molecule has 0 unspecified atom stereocenters. The summed E-state index contributed by atoms with van der Waals surface area (Å²) in [5.41, 5.74) is 3.95. The molecule has 2 heterocycles. The number of rotatable bonds is 2. The molecule has 0 fully saturated rings. The van der Waals surface area contributed by atoms with Gasteiger partial charge < -0.3 is 10.2 Å². The first-order valence-electron chi connectivity index (χ1n) is 8.05. The Morgan fingerprint density at radius 1 is 1.12 bits per heavy atom. The average molecular weight is 364 g/mol. The zero-order valence-electron chi connectivity index (χ0n) is 14.2. The highest BCUT2D eigenvalue weighted by atomic mass is 32.1. The zero-order chi connectivity index (χ0) is 18.4. The highest BCUT2D eigenvalue weighted by Gasteiger charge is 2.11. The van der Waals surface area contributed by atoms with Gasteiger partial charge in [-0.2, -0.15) is 0 Å². The van der Waals surface area contributed by atoms with Crippen molar-refractivity contribution in [3.05, 3.63) is 74.2 Å². The maximum absolute atomic E-state index is 12.7. The molecule has 0 bridgehead atoms. The molecule has 26 heavy (non-hydrogen) atoms. The van der Waals surface area contributed by atoms with Crippen molar-refractivity contribution in [2.75, 3.05) is 0 Å². The van der Waals surface area contributed by atoms with Crippen LogP contribution in [0.3, 0.4) is 0 Å². The summed E-state index contributed by atoms with van der Waals surface area (Å²) >= 11 is 1.29. The molecular formula is C20H16N2O3S. The lowest BCUT2D eigenvalue weighted by molar-refractivity contribution is 0.401. The molecule has 0 spiro atoms. The quantitative estimate of drug-likeness (QED) is 0.536. The average Bonchev–Trinajstić information content (AvgIpc) is 3.13. The van der Waals surface area contributed by atoms with Crippen LogP contribution in [-0.2, 0) is 0 Å². The van der Waals surface area contributed by atoms with E-state index in [4.69, 9.17) is 0 Å². The molecule has 4 aromatic rings. The van der Waals surface area contributed by atoms with Gasteiger partial charge in [0.2, 0.25) is 0 Å². The summed E-state index contributed by atoms with van der Waals surface area (Å²) in [6, 6.07) is 11.2. The summed E-state index contributed by atoms with van der Waals surface area (Å²) in [4.78, 5) is 17.8. The molecule has 0 saturated heterocycles. The maximum Gasteiger partial charge on any atom is 0.274 e. The Morgan fingerprint density at radius 2 is 1.85 bits per heavy atom. The smallest absolute Gasteiger partial charge is 0.274 e. The number of hydrogen-bond donors (Lipinski definition) is 2. The van der Waals surface area contributed by atoms with Gasteiger partial charge in [0.05, 0.1) is 10.2 Å². The largest absolute Gasteiger partial charge is 0.504 e. The van der Waals surface area contributed by atoms with E-state index in [9.17, 15) is 15.0 Å². The highest BCUT2D eigenvalue weighted by Crippen LogP contribution is 2.29. The number of aromatic hydroxyl groups is 2. The van der Waals surface area contributed by atoms with Gasteiger partial charge in [0, 0.05) is 11.8 Å². The van der Waals surface area contributed by atoms with Crippen LogP contribution < -0.4 is 10.1 Å². The van der Waals surface area contributed by atoms with Crippen molar-refractivity contribution >= 4 is 22.4 Å². The second kappa shape index (κ2) is 6.00. The Balaban J connectivity index is 1.81. The molecule has 2 aromatic heterocycles. The van der Waals surface area contributed by atoms with Gasteiger partial charge in [-0.3, -0.25) is 9.20 Å². The van der Waals surface area contributed by atoms with Crippen molar-refractivity contribution in [2.24, 2.45) is 0 Å². The van der Waals surface area contributed by atoms with Gasteiger partial charge in [0.1, 0.15) is 0 Å². The SMILES string of the molecule is Cc1ccc(-c2cn3c(=O)/c(=C/c4cc(C)c(O)c(O)c4)sc3n2)cc1. The van der Waals surface area contributed by atoms with Crippen molar-refractivity contribution in [3.8, 4) is 22.8 Å². The molecule has 0 aliphatic carbocycles. The molecule has 5 nitrogen and oxygen atoms in total. The third-order valence-corrected chi connectivity index (χ3v) is 5.24. The van der Waals surface area contributed by atoms with Crippen LogP contribution in [-0.4, -0.2) is 19.6 Å². The van der Waals surface area contributed by atoms with Crippen LogP contribution in [0.1, 0.15) is 16.7 Å². The molecule has 0 aliphatic heterocycles. The molecule has 2 N–H and O–H groups in total. The fourth-order valence-electron chi connectivity index (χ4n) is 2.82. The van der Waals surface area contributed by atoms with Gasteiger partial charge in [0.25, 0.3) is 5.56 Å². The number of aryl methyl sites for hydroxylation is 2. The van der Waals surface area contributed by atoms with Crippen LogP contribution in [0, 0.1) is 13.8 Å². The number of phenols is 2. The maximum atomic E-state index is 12.7. The van der Waals surface area contributed by atoms with Crippen LogP contribution in [0.4, 0.5) is 0 Å². The normalized spacial score (nSPS) is 12.2. The number of aromatic nitrogens is 2. The Hall–Kier alpha value is -3.12. The second-order valence-electron chi connectivity index (χ2n) is 6.27. The van der Waals surface area contributed by atoms with Gasteiger partial charge in [-0.25, -0.2) is 4.98 Å². The molecule has 0 saturated carbocycles. The Morgan fingerprint density at radius 3 is 2.50 bits per heavy atom. The van der Waals surface area contributed by atoms with E-state index in [0.717, 1.165) is 11.3 Å². The number of benzene rings is 2. The van der Waals surface area contributed by atoms with E-state index in [2.05, 4.69) is 4.98 Å². The first kappa shape index (κ1) is 16.4. The molecule has 130 valence electrons. The minimum atomic E-state index is -0.202. The van der Waals surface area contributed by atoms with E-state index >= 15 is 0 Å². The summed E-state index contributed by atoms with van der Waals surface area (Å²) in [5, 5.41) is 19.4. The molecule has 2 aromatic carbocycles. The number of phenolic OH excluding ortho intramolecular Hbond substituents is 2. The lowest BCUT2D eigenvalue weighted by Crippen LogP contribution is -2.22. The predicted octanol–water partition coefficient (Wildman–Crippen LogP) is 3.00. The Bertz CT molecular complexity index is 1210. The molecule has 6 heteroatoms. The summed E-state index contributed by atoms with van der Waals surface area (Å²) in [5.74, 6) is -0.347. The first-order chi connectivity index (χ1) is 12.4. The monoisotopic (exact) mass is 364 g/mol. The topological polar surface area (TPSA) is 74.8 Å². The summed E-state index contributed by atoms with van der Waals surface area (Å²) in [7, 11) is 0. The van der Waals surface area contributed by atoms with Crippen molar-refractivity contribution in [2.45, 2.75) is 13.8 Å². The fourth-order valence-corrected chi connectivity index (χ4v) is 3.77. The molecule has 0 amide bonds. The Labute approximate surface area is 153 Å². The number of imidazole rings is 1. The first-order valence-corrected chi connectivity index (χ1v) is 8.87. The van der Waals surface area contributed by atoms with Gasteiger partial charge in [0.15, 0.2) is 16.5 Å². The minimum Gasteiger partial charge on any atom is -0.504 e. The van der Waals surface area contributed by atoms with Crippen molar-refractivity contribution in [3.63, 3.8) is 0 Å². The van der Waals surface area contributed by atoms with E-state index in [1.54, 1.807) is 29.7 Å². The fraction of sp³-hybridized carbons (Fsp3) is 0.100. The number of thiazole rings is 1. The molecule has 4 rings (SSSR count). The van der Waals surface area contributed by atoms with Crippen LogP contribution in [0.25, 0.3) is 22.3 Å². The van der Waals surface area contributed by atoms with Gasteiger partial charge in [-0.1, -0.05) is 41.2 Å². The van der Waals surface area contributed by atoms with Crippen LogP contribution in [0.2, 0.25) is 0 Å². The minimum absolute atomic E-state index is 0.145. The van der Waals surface area contributed by atoms with E-state index in [1.165, 1.54) is 23.0 Å². The lowest BCUT2D eigenvalue weighted by Gasteiger charge is -2.02. The molecule has 0 atom stereocenters. The zero-order valence-corrected chi connectivity index (χ0v) is 15.0. The highest BCUT2D eigenvalue weighted by molar-refractivity contribution is 7.15. The Kier molecular flexibility index (Phi) is 3.77. The van der Waals surface area contributed by atoms with Crippen molar-refractivity contribution < 1.29 is 10.2 Å². The standard InChI is InChI=1S/C20H16N2O3S/c1-11-3-5-14(6-4-11)15-10-22-19(25)17(26-20(22)21-15)9-13-7-12(2)18(24)16(23)8-13/h3-10,23-24H,1-2H3/b17-9-. The van der Waals surface area contributed by atoms with Crippen LogP contribution >= 0.6 is 11.3 Å². The third-order valence-electron chi connectivity index (χ3n) is 4.25. The number of fused-ring (bicyclic) bond motifs is 1. The summed E-state index contributed by atoms with van der Waals surface area (Å²) in [6.45, 7) is 3.72. The van der Waals surface area contributed by atoms with E-state index < -0.39 is 0 Å². The van der Waals surface area contributed by atoms with E-state index in [1.807, 2.05) is 31.2 Å². The van der Waals surface area contributed by atoms with Crippen LogP contribution in [0.15, 0.2) is 47.4 Å². The number of hydrogen-bond acceptors (Lipinski definition) is 5. The summed E-state index contributed by atoms with van der Waals surface area (Å²) < 4.78 is 2.06. The summed E-state index contributed by atoms with van der Waals surface area (Å²) in [6.07, 6.45) is 3.44. The van der Waals surface area contributed by atoms with Crippen molar-refractivity contribution in [1.29, 1.82) is 0 Å². The van der Waals surface area contributed by atoms with Gasteiger partial charge >= 0.3 is 0 Å². The van der Waals surface area contributed by atoms with E-state index in [-0.39, 0.29) is 17.1 Å². The van der Waals surface area contributed by atoms with Gasteiger partial charge in [-0.15, -0.1) is 0 Å². The van der Waals surface area contributed by atoms with Crippen molar-refractivity contribution in [1.82, 2.24) is 9.38 Å². The predicted molar refractivity (Wildman–Crippen MR) is 103 cm³/mol.